The van der Waals surface area contributed by atoms with Crippen molar-refractivity contribution in [2.24, 2.45) is 17.8 Å². The third kappa shape index (κ3) is 4.62. The minimum absolute atomic E-state index is 0.0811. The number of carbonyl (C=O) groups is 2. The molecule has 4 heteroatoms. The standard InChI is InChI=1S/C21H29NO3/c1-21(2,3)17-6-8-18(9-7-17)22-19(23)13-25-20(24)12-16-11-14-4-5-15(16)10-14/h6-9,14-16H,4-5,10-13H2,1-3H3,(H,22,23)/t14-,15-,16-/m1/s1. The Morgan fingerprint density at radius 2 is 1.84 bits per heavy atom. The molecule has 1 aromatic carbocycles. The van der Waals surface area contributed by atoms with Gasteiger partial charge < -0.3 is 10.1 Å². The van der Waals surface area contributed by atoms with Crippen LogP contribution >= 0.6 is 0 Å². The summed E-state index contributed by atoms with van der Waals surface area (Å²) in [5.74, 6) is 1.47. The van der Waals surface area contributed by atoms with Crippen molar-refractivity contribution >= 4 is 17.6 Å². The summed E-state index contributed by atoms with van der Waals surface area (Å²) >= 11 is 0. The number of esters is 1. The number of nitrogens with one attached hydrogen (secondary N) is 1. The second-order valence-electron chi connectivity index (χ2n) is 8.68. The van der Waals surface area contributed by atoms with Gasteiger partial charge in [-0.2, -0.15) is 0 Å². The van der Waals surface area contributed by atoms with Gasteiger partial charge in [0.05, 0.1) is 0 Å². The minimum atomic E-state index is -0.287. The first-order valence-corrected chi connectivity index (χ1v) is 9.37. The van der Waals surface area contributed by atoms with Crippen molar-refractivity contribution in [3.8, 4) is 0 Å². The van der Waals surface area contributed by atoms with Gasteiger partial charge in [-0.15, -0.1) is 0 Å². The fourth-order valence-corrected chi connectivity index (χ4v) is 4.30. The van der Waals surface area contributed by atoms with Crippen molar-refractivity contribution in [2.45, 2.75) is 58.3 Å². The third-order valence-electron chi connectivity index (χ3n) is 5.71. The van der Waals surface area contributed by atoms with Crippen LogP contribution in [0.3, 0.4) is 0 Å². The maximum atomic E-state index is 12.0. The quantitative estimate of drug-likeness (QED) is 0.811. The molecule has 2 aliphatic rings. The molecule has 0 unspecified atom stereocenters. The highest BCUT2D eigenvalue weighted by Crippen LogP contribution is 2.49. The molecule has 3 atom stereocenters. The van der Waals surface area contributed by atoms with Crippen LogP contribution in [0.25, 0.3) is 0 Å². The van der Waals surface area contributed by atoms with E-state index in [1.807, 2.05) is 24.3 Å². The normalized spacial score (nSPS) is 25.0. The average Bonchev–Trinajstić information content (AvgIpc) is 3.15. The molecule has 0 heterocycles. The van der Waals surface area contributed by atoms with E-state index in [1.165, 1.54) is 24.8 Å². The highest BCUT2D eigenvalue weighted by Gasteiger charge is 2.40. The van der Waals surface area contributed by atoms with Crippen molar-refractivity contribution in [3.63, 3.8) is 0 Å². The number of anilines is 1. The lowest BCUT2D eigenvalue weighted by Gasteiger charge is -2.20. The fourth-order valence-electron chi connectivity index (χ4n) is 4.30. The van der Waals surface area contributed by atoms with E-state index in [4.69, 9.17) is 4.74 Å². The Balaban J connectivity index is 1.41. The summed E-state index contributed by atoms with van der Waals surface area (Å²) < 4.78 is 5.17. The van der Waals surface area contributed by atoms with Crippen LogP contribution in [0.15, 0.2) is 24.3 Å². The van der Waals surface area contributed by atoms with E-state index in [0.29, 0.717) is 18.3 Å². The van der Waals surface area contributed by atoms with Gasteiger partial charge in [0.25, 0.3) is 5.91 Å². The highest BCUT2D eigenvalue weighted by atomic mass is 16.5. The van der Waals surface area contributed by atoms with Crippen molar-refractivity contribution in [1.82, 2.24) is 0 Å². The Labute approximate surface area is 150 Å². The lowest BCUT2D eigenvalue weighted by molar-refractivity contribution is -0.148. The molecule has 0 saturated heterocycles. The molecule has 0 radical (unpaired) electrons. The molecular weight excluding hydrogens is 314 g/mol. The van der Waals surface area contributed by atoms with E-state index >= 15 is 0 Å². The summed E-state index contributed by atoms with van der Waals surface area (Å²) in [6.07, 6.45) is 5.49. The Kier molecular flexibility index (Phi) is 5.16. The molecule has 2 bridgehead atoms. The summed E-state index contributed by atoms with van der Waals surface area (Å²) in [5.41, 5.74) is 2.02. The van der Waals surface area contributed by atoms with E-state index in [-0.39, 0.29) is 23.9 Å². The largest absolute Gasteiger partial charge is 0.456 e. The predicted molar refractivity (Wildman–Crippen MR) is 98.3 cm³/mol. The van der Waals surface area contributed by atoms with Crippen molar-refractivity contribution in [2.75, 3.05) is 11.9 Å². The summed E-state index contributed by atoms with van der Waals surface area (Å²) in [5, 5.41) is 2.78. The Morgan fingerprint density at radius 3 is 2.40 bits per heavy atom. The second-order valence-corrected chi connectivity index (χ2v) is 8.68. The van der Waals surface area contributed by atoms with E-state index in [9.17, 15) is 9.59 Å². The fraction of sp³-hybridized carbons (Fsp3) is 0.619. The van der Waals surface area contributed by atoms with Gasteiger partial charge in [0, 0.05) is 12.1 Å². The van der Waals surface area contributed by atoms with E-state index in [1.54, 1.807) is 0 Å². The molecule has 0 aromatic heterocycles. The number of benzene rings is 1. The molecule has 2 fully saturated rings. The summed E-state index contributed by atoms with van der Waals surface area (Å²) in [4.78, 5) is 24.0. The van der Waals surface area contributed by atoms with Crippen LogP contribution < -0.4 is 5.32 Å². The first kappa shape index (κ1) is 18.0. The van der Waals surface area contributed by atoms with Crippen molar-refractivity contribution in [3.05, 3.63) is 29.8 Å². The molecule has 4 nitrogen and oxygen atoms in total. The van der Waals surface area contributed by atoms with Crippen molar-refractivity contribution in [1.29, 1.82) is 0 Å². The van der Waals surface area contributed by atoms with Gasteiger partial charge in [0.15, 0.2) is 6.61 Å². The first-order chi connectivity index (χ1) is 11.8. The SMILES string of the molecule is CC(C)(C)c1ccc(NC(=O)COC(=O)C[C@H]2C[C@@H]3CC[C@@H]2C3)cc1. The van der Waals surface area contributed by atoms with Crippen LogP contribution in [-0.4, -0.2) is 18.5 Å². The zero-order valence-corrected chi connectivity index (χ0v) is 15.5. The minimum Gasteiger partial charge on any atom is -0.456 e. The number of hydrogen-bond donors (Lipinski definition) is 1. The Morgan fingerprint density at radius 1 is 1.12 bits per heavy atom. The molecule has 0 aliphatic heterocycles. The molecule has 1 aromatic rings. The second kappa shape index (κ2) is 7.19. The lowest BCUT2D eigenvalue weighted by Crippen LogP contribution is -2.23. The summed E-state index contributed by atoms with van der Waals surface area (Å²) in [7, 11) is 0. The molecule has 1 amide bonds. The van der Waals surface area contributed by atoms with Gasteiger partial charge in [-0.25, -0.2) is 0 Å². The average molecular weight is 343 g/mol. The van der Waals surface area contributed by atoms with Crippen LogP contribution in [0.2, 0.25) is 0 Å². The number of rotatable bonds is 5. The zero-order valence-electron chi connectivity index (χ0n) is 15.5. The van der Waals surface area contributed by atoms with Crippen LogP contribution in [0.4, 0.5) is 5.69 Å². The molecule has 136 valence electrons. The van der Waals surface area contributed by atoms with E-state index < -0.39 is 0 Å². The number of fused-ring (bicyclic) bond motifs is 2. The highest BCUT2D eigenvalue weighted by molar-refractivity contribution is 5.92. The Hall–Kier alpha value is -1.84. The van der Waals surface area contributed by atoms with Gasteiger partial charge in [-0.1, -0.05) is 39.3 Å². The maximum absolute atomic E-state index is 12.0. The maximum Gasteiger partial charge on any atom is 0.306 e. The third-order valence-corrected chi connectivity index (χ3v) is 5.71. The van der Waals surface area contributed by atoms with Crippen LogP contribution in [0.1, 0.15) is 58.4 Å². The monoisotopic (exact) mass is 343 g/mol. The smallest absolute Gasteiger partial charge is 0.306 e. The van der Waals surface area contributed by atoms with Gasteiger partial charge in [-0.05, 0) is 60.1 Å². The molecule has 2 aliphatic carbocycles. The zero-order chi connectivity index (χ0) is 18.0. The molecular formula is C21H29NO3. The number of hydrogen-bond acceptors (Lipinski definition) is 3. The molecule has 2 saturated carbocycles. The number of ether oxygens (including phenoxy) is 1. The molecule has 1 N–H and O–H groups in total. The van der Waals surface area contributed by atoms with Crippen molar-refractivity contribution < 1.29 is 14.3 Å². The van der Waals surface area contributed by atoms with Crippen LogP contribution in [0, 0.1) is 17.8 Å². The summed E-state index contributed by atoms with van der Waals surface area (Å²) in [6.45, 7) is 6.24. The molecule has 3 rings (SSSR count). The molecule has 0 spiro atoms. The number of amides is 1. The Bertz CT molecular complexity index is 630. The van der Waals surface area contributed by atoms with Crippen LogP contribution in [-0.2, 0) is 19.7 Å². The number of carbonyl (C=O) groups excluding carboxylic acids is 2. The van der Waals surface area contributed by atoms with Gasteiger partial charge in [-0.3, -0.25) is 9.59 Å². The van der Waals surface area contributed by atoms with Gasteiger partial charge >= 0.3 is 5.97 Å². The van der Waals surface area contributed by atoms with E-state index in [2.05, 4.69) is 26.1 Å². The lowest BCUT2D eigenvalue weighted by atomic mass is 9.86. The first-order valence-electron chi connectivity index (χ1n) is 9.37. The van der Waals surface area contributed by atoms with Gasteiger partial charge in [0.1, 0.15) is 0 Å². The summed E-state index contributed by atoms with van der Waals surface area (Å²) in [6, 6.07) is 7.79. The predicted octanol–water partition coefficient (Wildman–Crippen LogP) is 4.29. The van der Waals surface area contributed by atoms with E-state index in [0.717, 1.165) is 18.0 Å². The van der Waals surface area contributed by atoms with Gasteiger partial charge in [0.2, 0.25) is 0 Å². The molecule has 25 heavy (non-hydrogen) atoms. The van der Waals surface area contributed by atoms with Crippen LogP contribution in [0.5, 0.6) is 0 Å². The topological polar surface area (TPSA) is 55.4 Å².